The molecule has 0 radical (unpaired) electrons. The van der Waals surface area contributed by atoms with Crippen molar-refractivity contribution < 1.29 is 24.5 Å². The van der Waals surface area contributed by atoms with E-state index in [0.29, 0.717) is 18.4 Å². The predicted octanol–water partition coefficient (Wildman–Crippen LogP) is 1.92. The van der Waals surface area contributed by atoms with Gasteiger partial charge in [0.25, 0.3) is 0 Å². The number of allylic oxidation sites excluding steroid dienone is 1. The molecule has 0 bridgehead atoms. The molecule has 124 valence electrons. The first-order chi connectivity index (χ1) is 10.3. The Bertz CT molecular complexity index is 477. The molecule has 0 spiro atoms. The monoisotopic (exact) mass is 310 g/mol. The normalized spacial score (nSPS) is 35.0. The lowest BCUT2D eigenvalue weighted by atomic mass is 9.94. The summed E-state index contributed by atoms with van der Waals surface area (Å²) >= 11 is 0. The van der Waals surface area contributed by atoms with Crippen LogP contribution in [-0.4, -0.2) is 40.3 Å². The predicted molar refractivity (Wildman–Crippen MR) is 83.1 cm³/mol. The van der Waals surface area contributed by atoms with Gasteiger partial charge in [0.05, 0.1) is 5.92 Å². The Morgan fingerprint density at radius 3 is 2.55 bits per heavy atom. The van der Waals surface area contributed by atoms with E-state index in [4.69, 9.17) is 4.74 Å². The number of rotatable bonds is 1. The van der Waals surface area contributed by atoms with Crippen LogP contribution in [0.25, 0.3) is 0 Å². The lowest BCUT2D eigenvalue weighted by molar-refractivity contribution is -0.152. The average Bonchev–Trinajstić information content (AvgIpc) is 2.52. The first-order valence-electron chi connectivity index (χ1n) is 7.66. The molecule has 4 unspecified atom stereocenters. The fourth-order valence-corrected chi connectivity index (χ4v) is 2.23. The third kappa shape index (κ3) is 4.78. The van der Waals surface area contributed by atoms with Crippen LogP contribution >= 0.6 is 0 Å². The molecule has 1 aliphatic heterocycles. The highest BCUT2D eigenvalue weighted by Crippen LogP contribution is 2.20. The van der Waals surface area contributed by atoms with Crippen LogP contribution in [0, 0.1) is 5.92 Å². The number of cyclic esters (lactones) is 1. The maximum Gasteiger partial charge on any atom is 0.309 e. The fraction of sp³-hybridized carbons (Fsp3) is 0.647. The molecule has 0 saturated carbocycles. The smallest absolute Gasteiger partial charge is 0.309 e. The fourth-order valence-electron chi connectivity index (χ4n) is 2.23. The summed E-state index contributed by atoms with van der Waals surface area (Å²) in [5.74, 6) is -1.23. The van der Waals surface area contributed by atoms with E-state index >= 15 is 0 Å². The topological polar surface area (TPSA) is 83.8 Å². The van der Waals surface area contributed by atoms with Crippen LogP contribution in [-0.2, 0) is 14.3 Å². The van der Waals surface area contributed by atoms with Crippen LogP contribution in [0.2, 0.25) is 0 Å². The molecule has 0 aliphatic carbocycles. The van der Waals surface area contributed by atoms with E-state index in [1.54, 1.807) is 19.9 Å². The Kier molecular flexibility index (Phi) is 6.97. The summed E-state index contributed by atoms with van der Waals surface area (Å²) in [6, 6.07) is 0. The van der Waals surface area contributed by atoms with Gasteiger partial charge in [-0.1, -0.05) is 19.1 Å². The van der Waals surface area contributed by atoms with Crippen LogP contribution in [0.3, 0.4) is 0 Å². The van der Waals surface area contributed by atoms with Crippen LogP contribution in [0.4, 0.5) is 0 Å². The van der Waals surface area contributed by atoms with E-state index in [0.717, 1.165) is 5.57 Å². The highest BCUT2D eigenvalue weighted by Gasteiger charge is 2.28. The molecule has 5 nitrogen and oxygen atoms in total. The molecule has 5 heteroatoms. The molecule has 0 aromatic carbocycles. The summed E-state index contributed by atoms with van der Waals surface area (Å²) in [5.41, 5.74) is 1.42. The largest absolute Gasteiger partial charge is 0.457 e. The van der Waals surface area contributed by atoms with E-state index < -0.39 is 30.0 Å². The standard InChI is InChI=1S/C17H26O5/c1-5-10(2)14-9-7-11(3)15(19)16(20)13(18)8-6-12(4)17(21)22-14/h5,7,12,14-16,19-20H,6,8-9H2,1-4H3/b10-5-,11-7+. The summed E-state index contributed by atoms with van der Waals surface area (Å²) in [5, 5.41) is 19.9. The number of aliphatic hydroxyl groups is 2. The number of hydrogen-bond donors (Lipinski definition) is 2. The van der Waals surface area contributed by atoms with Gasteiger partial charge in [0, 0.05) is 12.8 Å². The van der Waals surface area contributed by atoms with Crippen molar-refractivity contribution in [1.82, 2.24) is 0 Å². The molecular weight excluding hydrogens is 284 g/mol. The van der Waals surface area contributed by atoms with Crippen molar-refractivity contribution in [1.29, 1.82) is 0 Å². The lowest BCUT2D eigenvalue weighted by Gasteiger charge is -2.23. The first-order valence-corrected chi connectivity index (χ1v) is 7.66. The first kappa shape index (κ1) is 18.6. The molecule has 1 heterocycles. The van der Waals surface area contributed by atoms with E-state index in [9.17, 15) is 19.8 Å². The van der Waals surface area contributed by atoms with E-state index in [2.05, 4.69) is 0 Å². The Morgan fingerprint density at radius 2 is 1.95 bits per heavy atom. The third-order valence-electron chi connectivity index (χ3n) is 4.20. The van der Waals surface area contributed by atoms with Crippen molar-refractivity contribution in [3.63, 3.8) is 0 Å². The van der Waals surface area contributed by atoms with Crippen molar-refractivity contribution in [2.45, 2.75) is 65.3 Å². The number of aliphatic hydroxyl groups excluding tert-OH is 2. The molecular formula is C17H26O5. The molecule has 2 N–H and O–H groups in total. The molecule has 22 heavy (non-hydrogen) atoms. The molecule has 0 amide bonds. The summed E-state index contributed by atoms with van der Waals surface area (Å²) in [7, 11) is 0. The van der Waals surface area contributed by atoms with Crippen LogP contribution < -0.4 is 0 Å². The van der Waals surface area contributed by atoms with Gasteiger partial charge in [-0.2, -0.15) is 0 Å². The second-order valence-electron chi connectivity index (χ2n) is 5.94. The number of ketones is 1. The van der Waals surface area contributed by atoms with Gasteiger partial charge in [-0.3, -0.25) is 9.59 Å². The summed E-state index contributed by atoms with van der Waals surface area (Å²) in [6.07, 6.45) is 1.27. The zero-order valence-electron chi connectivity index (χ0n) is 13.7. The molecule has 0 saturated heterocycles. The second kappa shape index (κ2) is 8.25. The van der Waals surface area contributed by atoms with Gasteiger partial charge in [-0.25, -0.2) is 0 Å². The van der Waals surface area contributed by atoms with Crippen LogP contribution in [0.5, 0.6) is 0 Å². The zero-order valence-corrected chi connectivity index (χ0v) is 13.7. The summed E-state index contributed by atoms with van der Waals surface area (Å²) < 4.78 is 5.53. The number of Topliss-reactive ketones (excluding diaryl/α,β-unsaturated/α-hetero) is 1. The number of ether oxygens (including phenoxy) is 1. The number of hydrogen-bond acceptors (Lipinski definition) is 5. The van der Waals surface area contributed by atoms with E-state index in [1.807, 2.05) is 19.9 Å². The maximum atomic E-state index is 12.1. The minimum absolute atomic E-state index is 0.0367. The van der Waals surface area contributed by atoms with Crippen LogP contribution in [0.15, 0.2) is 23.3 Å². The Labute approximate surface area is 131 Å². The lowest BCUT2D eigenvalue weighted by Crippen LogP contribution is -2.36. The van der Waals surface area contributed by atoms with Crippen molar-refractivity contribution in [3.8, 4) is 0 Å². The number of esters is 1. The molecule has 0 aromatic rings. The highest BCUT2D eigenvalue weighted by atomic mass is 16.5. The number of carbonyl (C=O) groups is 2. The van der Waals surface area contributed by atoms with E-state index in [-0.39, 0.29) is 12.4 Å². The van der Waals surface area contributed by atoms with E-state index in [1.165, 1.54) is 0 Å². The van der Waals surface area contributed by atoms with Crippen molar-refractivity contribution >= 4 is 11.8 Å². The SMILES string of the molecule is C/C=C(/C)C1C/C=C(\C)C(O)C(O)C(=O)CCC(C)C(=O)O1. The zero-order chi connectivity index (χ0) is 16.9. The summed E-state index contributed by atoms with van der Waals surface area (Å²) in [4.78, 5) is 24.0. The van der Waals surface area contributed by atoms with Gasteiger partial charge >= 0.3 is 5.97 Å². The quantitative estimate of drug-likeness (QED) is 0.571. The maximum absolute atomic E-state index is 12.1. The summed E-state index contributed by atoms with van der Waals surface area (Å²) in [6.45, 7) is 7.11. The van der Waals surface area contributed by atoms with Gasteiger partial charge in [-0.05, 0) is 38.3 Å². The minimum atomic E-state index is -1.44. The van der Waals surface area contributed by atoms with Crippen LogP contribution in [0.1, 0.15) is 47.0 Å². The Morgan fingerprint density at radius 1 is 1.32 bits per heavy atom. The van der Waals surface area contributed by atoms with Gasteiger partial charge in [0.2, 0.25) is 0 Å². The molecule has 0 fully saturated rings. The molecule has 1 aliphatic rings. The second-order valence-corrected chi connectivity index (χ2v) is 5.94. The highest BCUT2D eigenvalue weighted by molar-refractivity contribution is 5.84. The number of carbonyl (C=O) groups excluding carboxylic acids is 2. The van der Waals surface area contributed by atoms with Gasteiger partial charge in [-0.15, -0.1) is 0 Å². The van der Waals surface area contributed by atoms with Crippen molar-refractivity contribution in [2.75, 3.05) is 0 Å². The van der Waals surface area contributed by atoms with Crippen molar-refractivity contribution in [2.24, 2.45) is 5.92 Å². The van der Waals surface area contributed by atoms with Gasteiger partial charge < -0.3 is 14.9 Å². The van der Waals surface area contributed by atoms with Crippen molar-refractivity contribution in [3.05, 3.63) is 23.3 Å². The molecule has 0 aromatic heterocycles. The average molecular weight is 310 g/mol. The Balaban J connectivity index is 3.07. The Hall–Kier alpha value is -1.46. The van der Waals surface area contributed by atoms with Gasteiger partial charge in [0.1, 0.15) is 18.3 Å². The van der Waals surface area contributed by atoms with Gasteiger partial charge in [0.15, 0.2) is 5.78 Å². The third-order valence-corrected chi connectivity index (χ3v) is 4.20. The molecule has 4 atom stereocenters. The molecule has 1 rings (SSSR count). The minimum Gasteiger partial charge on any atom is -0.457 e.